The molecule has 3 nitrogen and oxygen atoms in total. The maximum absolute atomic E-state index is 10.6. The van der Waals surface area contributed by atoms with Gasteiger partial charge in [-0.25, -0.2) is 0 Å². The summed E-state index contributed by atoms with van der Waals surface area (Å²) in [4.78, 5) is 10.6. The van der Waals surface area contributed by atoms with Gasteiger partial charge in [-0.1, -0.05) is 0 Å². The van der Waals surface area contributed by atoms with Crippen molar-refractivity contribution in [2.45, 2.75) is 19.8 Å². The highest BCUT2D eigenvalue weighted by atomic mass is 16.1. The van der Waals surface area contributed by atoms with Crippen LogP contribution in [0.3, 0.4) is 0 Å². The first-order valence-corrected chi connectivity index (χ1v) is 4.35. The number of amides is 1. The van der Waals surface area contributed by atoms with Crippen molar-refractivity contribution in [3.8, 4) is 0 Å². The van der Waals surface area contributed by atoms with Crippen molar-refractivity contribution >= 4 is 5.91 Å². The largest absolute Gasteiger partial charge is 0.356 e. The fourth-order valence-electron chi connectivity index (χ4n) is 1.49. The second kappa shape index (κ2) is 4.34. The SMILES string of the molecule is CC(=O)NCC1CC[NH2+]CC1. The molecule has 0 aromatic rings. The van der Waals surface area contributed by atoms with E-state index in [0.29, 0.717) is 0 Å². The molecule has 1 heterocycles. The highest BCUT2D eigenvalue weighted by Crippen LogP contribution is 2.06. The zero-order valence-electron chi connectivity index (χ0n) is 7.10. The van der Waals surface area contributed by atoms with Gasteiger partial charge in [0, 0.05) is 26.3 Å². The number of nitrogens with one attached hydrogen (secondary N) is 1. The monoisotopic (exact) mass is 157 g/mol. The summed E-state index contributed by atoms with van der Waals surface area (Å²) in [6, 6.07) is 0. The van der Waals surface area contributed by atoms with Gasteiger partial charge >= 0.3 is 0 Å². The molecular formula is C8H17N2O+. The molecule has 1 amide bonds. The van der Waals surface area contributed by atoms with Crippen LogP contribution in [0, 0.1) is 5.92 Å². The smallest absolute Gasteiger partial charge is 0.216 e. The third-order valence-corrected chi connectivity index (χ3v) is 2.20. The number of hydrogen-bond acceptors (Lipinski definition) is 1. The summed E-state index contributed by atoms with van der Waals surface area (Å²) in [6.45, 7) is 4.91. The second-order valence-electron chi connectivity index (χ2n) is 3.25. The standard InChI is InChI=1S/C8H16N2O/c1-7(11)10-6-8-2-4-9-5-3-8/h8-9H,2-6H2,1H3,(H,10,11)/p+1. The summed E-state index contributed by atoms with van der Waals surface area (Å²) >= 11 is 0. The molecule has 0 aromatic carbocycles. The molecule has 1 aliphatic rings. The lowest BCUT2D eigenvalue weighted by molar-refractivity contribution is -0.664. The minimum absolute atomic E-state index is 0.0968. The highest BCUT2D eigenvalue weighted by Gasteiger charge is 2.14. The van der Waals surface area contributed by atoms with Gasteiger partial charge in [-0.15, -0.1) is 0 Å². The van der Waals surface area contributed by atoms with E-state index in [1.807, 2.05) is 0 Å². The quantitative estimate of drug-likeness (QED) is 0.536. The van der Waals surface area contributed by atoms with Crippen molar-refractivity contribution in [2.24, 2.45) is 5.92 Å². The first-order valence-electron chi connectivity index (χ1n) is 4.35. The number of hydrogen-bond donors (Lipinski definition) is 2. The summed E-state index contributed by atoms with van der Waals surface area (Å²) in [5, 5.41) is 5.20. The Morgan fingerprint density at radius 2 is 2.18 bits per heavy atom. The molecular weight excluding hydrogens is 140 g/mol. The van der Waals surface area contributed by atoms with Gasteiger partial charge in [0.15, 0.2) is 0 Å². The van der Waals surface area contributed by atoms with Crippen LogP contribution in [0.2, 0.25) is 0 Å². The molecule has 0 aliphatic carbocycles. The van der Waals surface area contributed by atoms with E-state index in [-0.39, 0.29) is 5.91 Å². The van der Waals surface area contributed by atoms with E-state index in [0.717, 1.165) is 12.5 Å². The van der Waals surface area contributed by atoms with Crippen LogP contribution in [-0.4, -0.2) is 25.5 Å². The Balaban J connectivity index is 2.09. The Morgan fingerprint density at radius 3 is 2.73 bits per heavy atom. The van der Waals surface area contributed by atoms with E-state index in [1.165, 1.54) is 25.9 Å². The molecule has 64 valence electrons. The van der Waals surface area contributed by atoms with Crippen LogP contribution in [0.25, 0.3) is 0 Å². The van der Waals surface area contributed by atoms with Crippen LogP contribution >= 0.6 is 0 Å². The normalized spacial score (nSPS) is 19.7. The van der Waals surface area contributed by atoms with Crippen LogP contribution in [0.4, 0.5) is 0 Å². The Bertz CT molecular complexity index is 130. The van der Waals surface area contributed by atoms with Crippen molar-refractivity contribution < 1.29 is 10.1 Å². The van der Waals surface area contributed by atoms with Crippen molar-refractivity contribution in [3.63, 3.8) is 0 Å². The fraction of sp³-hybridized carbons (Fsp3) is 0.875. The van der Waals surface area contributed by atoms with Gasteiger partial charge in [0.1, 0.15) is 0 Å². The van der Waals surface area contributed by atoms with E-state index in [1.54, 1.807) is 6.92 Å². The lowest BCUT2D eigenvalue weighted by atomic mass is 9.98. The van der Waals surface area contributed by atoms with Crippen molar-refractivity contribution in [2.75, 3.05) is 19.6 Å². The summed E-state index contributed by atoms with van der Waals surface area (Å²) in [6.07, 6.45) is 2.50. The van der Waals surface area contributed by atoms with Gasteiger partial charge in [-0.2, -0.15) is 0 Å². The van der Waals surface area contributed by atoms with Crippen LogP contribution < -0.4 is 10.6 Å². The summed E-state index contributed by atoms with van der Waals surface area (Å²) in [5.41, 5.74) is 0. The molecule has 0 saturated carbocycles. The van der Waals surface area contributed by atoms with Crippen molar-refractivity contribution in [1.82, 2.24) is 5.32 Å². The van der Waals surface area contributed by atoms with Gasteiger partial charge in [0.05, 0.1) is 13.1 Å². The van der Waals surface area contributed by atoms with Gasteiger partial charge in [-0.05, 0) is 5.92 Å². The Hall–Kier alpha value is -0.570. The number of carbonyl (C=O) groups is 1. The predicted molar refractivity (Wildman–Crippen MR) is 43.1 cm³/mol. The third kappa shape index (κ3) is 3.37. The summed E-state index contributed by atoms with van der Waals surface area (Å²) < 4.78 is 0. The lowest BCUT2D eigenvalue weighted by Crippen LogP contribution is -2.86. The number of carbonyl (C=O) groups excluding carboxylic acids is 1. The van der Waals surface area contributed by atoms with Gasteiger partial charge in [0.25, 0.3) is 0 Å². The molecule has 0 bridgehead atoms. The van der Waals surface area contributed by atoms with E-state index in [4.69, 9.17) is 0 Å². The number of piperidine rings is 1. The molecule has 1 rings (SSSR count). The predicted octanol–water partition coefficient (Wildman–Crippen LogP) is -0.904. The molecule has 0 aromatic heterocycles. The zero-order valence-corrected chi connectivity index (χ0v) is 7.10. The first kappa shape index (κ1) is 8.53. The van der Waals surface area contributed by atoms with Crippen molar-refractivity contribution in [3.05, 3.63) is 0 Å². The highest BCUT2D eigenvalue weighted by molar-refractivity contribution is 5.72. The fourth-order valence-corrected chi connectivity index (χ4v) is 1.49. The topological polar surface area (TPSA) is 45.7 Å². The van der Waals surface area contributed by atoms with Gasteiger partial charge in [-0.3, -0.25) is 4.79 Å². The molecule has 0 unspecified atom stereocenters. The average Bonchev–Trinajstić information content (AvgIpc) is 2.03. The minimum Gasteiger partial charge on any atom is -0.356 e. The van der Waals surface area contributed by atoms with Gasteiger partial charge < -0.3 is 10.6 Å². The summed E-state index contributed by atoms with van der Waals surface area (Å²) in [5.74, 6) is 0.823. The number of rotatable bonds is 2. The Kier molecular flexibility index (Phi) is 3.36. The molecule has 1 aliphatic heterocycles. The van der Waals surface area contributed by atoms with Crippen LogP contribution in [0.15, 0.2) is 0 Å². The number of quaternary nitrogens is 1. The third-order valence-electron chi connectivity index (χ3n) is 2.20. The Labute approximate surface area is 67.5 Å². The maximum atomic E-state index is 10.6. The molecule has 0 spiro atoms. The molecule has 3 N–H and O–H groups in total. The van der Waals surface area contributed by atoms with Crippen molar-refractivity contribution in [1.29, 1.82) is 0 Å². The van der Waals surface area contributed by atoms with Gasteiger partial charge in [0.2, 0.25) is 5.91 Å². The molecule has 3 heteroatoms. The maximum Gasteiger partial charge on any atom is 0.216 e. The van der Waals surface area contributed by atoms with Crippen LogP contribution in [0.1, 0.15) is 19.8 Å². The molecule has 0 atom stereocenters. The van der Waals surface area contributed by atoms with E-state index in [9.17, 15) is 4.79 Å². The second-order valence-corrected chi connectivity index (χ2v) is 3.25. The van der Waals surface area contributed by atoms with E-state index < -0.39 is 0 Å². The zero-order chi connectivity index (χ0) is 8.10. The Morgan fingerprint density at radius 1 is 1.55 bits per heavy atom. The molecule has 11 heavy (non-hydrogen) atoms. The van der Waals surface area contributed by atoms with E-state index in [2.05, 4.69) is 10.6 Å². The number of nitrogens with two attached hydrogens (primary N) is 1. The molecule has 1 fully saturated rings. The molecule has 0 radical (unpaired) electrons. The molecule has 1 saturated heterocycles. The van der Waals surface area contributed by atoms with E-state index >= 15 is 0 Å². The first-order chi connectivity index (χ1) is 5.29. The average molecular weight is 157 g/mol. The minimum atomic E-state index is 0.0968. The lowest BCUT2D eigenvalue weighted by Gasteiger charge is -2.19. The summed E-state index contributed by atoms with van der Waals surface area (Å²) in [7, 11) is 0. The van der Waals surface area contributed by atoms with Crippen LogP contribution in [-0.2, 0) is 4.79 Å². The van der Waals surface area contributed by atoms with Crippen LogP contribution in [0.5, 0.6) is 0 Å².